The van der Waals surface area contributed by atoms with Crippen molar-refractivity contribution < 1.29 is 22.7 Å². The highest BCUT2D eigenvalue weighted by Crippen LogP contribution is 2.18. The van der Waals surface area contributed by atoms with Gasteiger partial charge >= 0.3 is 0 Å². The summed E-state index contributed by atoms with van der Waals surface area (Å²) in [7, 11) is -2.00. The summed E-state index contributed by atoms with van der Waals surface area (Å²) >= 11 is 0. The SMILES string of the molecule is COc1ccc(CCNC(=O)c2cc(S(=O)(=O)N3CCOCC3)c[nH]2)cc1. The summed E-state index contributed by atoms with van der Waals surface area (Å²) in [5, 5.41) is 2.79. The molecule has 1 aromatic heterocycles. The second-order valence-corrected chi connectivity index (χ2v) is 8.06. The van der Waals surface area contributed by atoms with E-state index in [1.54, 1.807) is 7.11 Å². The van der Waals surface area contributed by atoms with Crippen molar-refractivity contribution in [2.45, 2.75) is 11.3 Å². The minimum Gasteiger partial charge on any atom is -0.497 e. The van der Waals surface area contributed by atoms with E-state index in [1.807, 2.05) is 24.3 Å². The maximum absolute atomic E-state index is 12.6. The molecule has 2 aromatic rings. The molecule has 0 radical (unpaired) electrons. The monoisotopic (exact) mass is 393 g/mol. The molecular weight excluding hydrogens is 370 g/mol. The van der Waals surface area contributed by atoms with Gasteiger partial charge in [-0.05, 0) is 30.2 Å². The van der Waals surface area contributed by atoms with Crippen molar-refractivity contribution in [2.75, 3.05) is 40.0 Å². The lowest BCUT2D eigenvalue weighted by Gasteiger charge is -2.25. The van der Waals surface area contributed by atoms with E-state index in [1.165, 1.54) is 16.6 Å². The molecule has 0 spiro atoms. The Morgan fingerprint density at radius 3 is 2.63 bits per heavy atom. The van der Waals surface area contributed by atoms with Gasteiger partial charge in [0.05, 0.1) is 20.3 Å². The summed E-state index contributed by atoms with van der Waals surface area (Å²) in [4.78, 5) is 15.1. The molecule has 146 valence electrons. The Balaban J connectivity index is 1.56. The van der Waals surface area contributed by atoms with Crippen molar-refractivity contribution in [1.82, 2.24) is 14.6 Å². The summed E-state index contributed by atoms with van der Waals surface area (Å²) < 4.78 is 36.8. The third-order valence-electron chi connectivity index (χ3n) is 4.37. The van der Waals surface area contributed by atoms with Gasteiger partial charge in [-0.3, -0.25) is 4.79 Å². The molecule has 1 fully saturated rings. The predicted molar refractivity (Wildman–Crippen MR) is 99.4 cm³/mol. The molecule has 0 aliphatic carbocycles. The van der Waals surface area contributed by atoms with Crippen molar-refractivity contribution >= 4 is 15.9 Å². The first-order valence-electron chi connectivity index (χ1n) is 8.68. The number of sulfonamides is 1. The first-order valence-corrected chi connectivity index (χ1v) is 10.1. The fourth-order valence-corrected chi connectivity index (χ4v) is 4.20. The number of aromatic nitrogens is 1. The summed E-state index contributed by atoms with van der Waals surface area (Å²) in [5.74, 6) is 0.440. The fraction of sp³-hybridized carbons (Fsp3) is 0.389. The Morgan fingerprint density at radius 1 is 1.26 bits per heavy atom. The van der Waals surface area contributed by atoms with Gasteiger partial charge in [-0.1, -0.05) is 12.1 Å². The zero-order valence-corrected chi connectivity index (χ0v) is 15.9. The Labute approximate surface area is 158 Å². The Hall–Kier alpha value is -2.36. The van der Waals surface area contributed by atoms with Crippen LogP contribution in [-0.2, 0) is 21.2 Å². The number of morpholine rings is 1. The van der Waals surface area contributed by atoms with Crippen molar-refractivity contribution in [1.29, 1.82) is 0 Å². The number of benzene rings is 1. The van der Waals surface area contributed by atoms with Crippen LogP contribution in [0.25, 0.3) is 0 Å². The molecule has 1 aliphatic rings. The van der Waals surface area contributed by atoms with Crippen molar-refractivity contribution in [3.63, 3.8) is 0 Å². The number of hydrogen-bond acceptors (Lipinski definition) is 5. The standard InChI is InChI=1S/C18H23N3O5S/c1-25-15-4-2-14(3-5-15)6-7-19-18(22)17-12-16(13-20-17)27(23,24)21-8-10-26-11-9-21/h2-5,12-13,20H,6-11H2,1H3,(H,19,22). The van der Waals surface area contributed by atoms with Gasteiger partial charge in [0.2, 0.25) is 10.0 Å². The Morgan fingerprint density at radius 2 is 1.96 bits per heavy atom. The number of carbonyl (C=O) groups excluding carboxylic acids is 1. The number of aromatic amines is 1. The van der Waals surface area contributed by atoms with Crippen LogP contribution in [0.1, 0.15) is 16.1 Å². The molecule has 9 heteroatoms. The van der Waals surface area contributed by atoms with Gasteiger partial charge in [-0.15, -0.1) is 0 Å². The van der Waals surface area contributed by atoms with Gasteiger partial charge in [0, 0.05) is 25.8 Å². The number of methoxy groups -OCH3 is 1. The molecule has 8 nitrogen and oxygen atoms in total. The van der Waals surface area contributed by atoms with E-state index in [0.29, 0.717) is 39.3 Å². The van der Waals surface area contributed by atoms with Gasteiger partial charge in [0.1, 0.15) is 16.3 Å². The molecule has 1 aliphatic heterocycles. The van der Waals surface area contributed by atoms with Crippen LogP contribution in [0, 0.1) is 0 Å². The molecule has 0 saturated carbocycles. The van der Waals surface area contributed by atoms with Gasteiger partial charge in [-0.2, -0.15) is 4.31 Å². The van der Waals surface area contributed by atoms with E-state index < -0.39 is 10.0 Å². The van der Waals surface area contributed by atoms with E-state index in [9.17, 15) is 13.2 Å². The normalized spacial score (nSPS) is 15.4. The zero-order valence-electron chi connectivity index (χ0n) is 15.1. The topological polar surface area (TPSA) is 101 Å². The minimum atomic E-state index is -3.61. The average molecular weight is 393 g/mol. The number of nitrogens with zero attached hydrogens (tertiary/aromatic N) is 1. The number of ether oxygens (including phenoxy) is 2. The van der Waals surface area contributed by atoms with Crippen LogP contribution in [0.2, 0.25) is 0 Å². The highest BCUT2D eigenvalue weighted by atomic mass is 32.2. The van der Waals surface area contributed by atoms with E-state index >= 15 is 0 Å². The molecule has 0 bridgehead atoms. The van der Waals surface area contributed by atoms with Crippen molar-refractivity contribution in [3.05, 3.63) is 47.8 Å². The number of rotatable bonds is 7. The van der Waals surface area contributed by atoms with Crippen LogP contribution < -0.4 is 10.1 Å². The molecule has 1 aromatic carbocycles. The molecule has 1 amide bonds. The van der Waals surface area contributed by atoms with Gasteiger partial charge in [0.15, 0.2) is 0 Å². The van der Waals surface area contributed by atoms with E-state index in [2.05, 4.69) is 10.3 Å². The maximum Gasteiger partial charge on any atom is 0.267 e. The number of nitrogens with one attached hydrogen (secondary N) is 2. The van der Waals surface area contributed by atoms with Crippen LogP contribution in [0.4, 0.5) is 0 Å². The second-order valence-electron chi connectivity index (χ2n) is 6.12. The third kappa shape index (κ3) is 4.68. The quantitative estimate of drug-likeness (QED) is 0.731. The number of H-pyrrole nitrogens is 1. The maximum atomic E-state index is 12.6. The van der Waals surface area contributed by atoms with Crippen LogP contribution >= 0.6 is 0 Å². The summed E-state index contributed by atoms with van der Waals surface area (Å²) in [6.07, 6.45) is 2.01. The van der Waals surface area contributed by atoms with E-state index in [-0.39, 0.29) is 16.5 Å². The molecule has 0 atom stereocenters. The summed E-state index contributed by atoms with van der Waals surface area (Å²) in [6.45, 7) is 1.83. The Kier molecular flexibility index (Phi) is 6.15. The first kappa shape index (κ1) is 19.4. The highest BCUT2D eigenvalue weighted by Gasteiger charge is 2.27. The van der Waals surface area contributed by atoms with Gasteiger partial charge in [-0.25, -0.2) is 8.42 Å². The first-order chi connectivity index (χ1) is 13.0. The fourth-order valence-electron chi connectivity index (χ4n) is 2.80. The van der Waals surface area contributed by atoms with E-state index in [4.69, 9.17) is 9.47 Å². The lowest BCUT2D eigenvalue weighted by molar-refractivity contribution is 0.0730. The molecule has 2 N–H and O–H groups in total. The second kappa shape index (κ2) is 8.55. The number of carbonyl (C=O) groups is 1. The third-order valence-corrected chi connectivity index (χ3v) is 6.24. The minimum absolute atomic E-state index is 0.0877. The van der Waals surface area contributed by atoms with Gasteiger partial charge in [0.25, 0.3) is 5.91 Å². The van der Waals surface area contributed by atoms with Crippen molar-refractivity contribution in [2.24, 2.45) is 0 Å². The van der Waals surface area contributed by atoms with Crippen LogP contribution in [-0.4, -0.2) is 63.6 Å². The van der Waals surface area contributed by atoms with Crippen molar-refractivity contribution in [3.8, 4) is 5.75 Å². The lowest BCUT2D eigenvalue weighted by Crippen LogP contribution is -2.40. The molecule has 3 rings (SSSR count). The van der Waals surface area contributed by atoms with Crippen LogP contribution in [0.15, 0.2) is 41.4 Å². The highest BCUT2D eigenvalue weighted by molar-refractivity contribution is 7.89. The largest absolute Gasteiger partial charge is 0.497 e. The van der Waals surface area contributed by atoms with Gasteiger partial charge < -0.3 is 19.8 Å². The number of amides is 1. The molecule has 1 saturated heterocycles. The Bertz CT molecular complexity index is 871. The van der Waals surface area contributed by atoms with E-state index in [0.717, 1.165) is 11.3 Å². The van der Waals surface area contributed by atoms with Crippen LogP contribution in [0.5, 0.6) is 5.75 Å². The number of hydrogen-bond donors (Lipinski definition) is 2. The molecule has 0 unspecified atom stereocenters. The molecule has 27 heavy (non-hydrogen) atoms. The summed E-state index contributed by atoms with van der Waals surface area (Å²) in [5.41, 5.74) is 1.29. The lowest BCUT2D eigenvalue weighted by atomic mass is 10.1. The summed E-state index contributed by atoms with van der Waals surface area (Å²) in [6, 6.07) is 8.97. The molecular formula is C18H23N3O5S. The predicted octanol–water partition coefficient (Wildman–Crippen LogP) is 1.02. The smallest absolute Gasteiger partial charge is 0.267 e. The van der Waals surface area contributed by atoms with Crippen LogP contribution in [0.3, 0.4) is 0 Å². The average Bonchev–Trinajstić information content (AvgIpc) is 3.20. The zero-order chi connectivity index (χ0) is 19.3. The molecule has 2 heterocycles.